The molecule has 1 amide bonds. The van der Waals surface area contributed by atoms with Crippen LogP contribution in [0, 0.1) is 0 Å². The molecule has 0 fully saturated rings. The molecular formula is C30H26Cl3N3O5S. The molecule has 0 bridgehead atoms. The van der Waals surface area contributed by atoms with E-state index >= 15 is 0 Å². The van der Waals surface area contributed by atoms with Crippen molar-refractivity contribution in [2.75, 3.05) is 17.5 Å². The molecule has 4 rings (SSSR count). The van der Waals surface area contributed by atoms with E-state index in [4.69, 9.17) is 44.3 Å². The molecule has 0 heterocycles. The summed E-state index contributed by atoms with van der Waals surface area (Å²) in [6.07, 6.45) is 1.41. The van der Waals surface area contributed by atoms with Crippen molar-refractivity contribution >= 4 is 62.6 Å². The minimum atomic E-state index is -4.17. The van der Waals surface area contributed by atoms with E-state index in [9.17, 15) is 13.2 Å². The zero-order valence-electron chi connectivity index (χ0n) is 22.3. The highest BCUT2D eigenvalue weighted by Gasteiger charge is 2.29. The third-order valence-electron chi connectivity index (χ3n) is 5.77. The van der Waals surface area contributed by atoms with E-state index in [1.807, 2.05) is 25.1 Å². The Hall–Kier alpha value is -3.76. The number of nitrogens with one attached hydrogen (secondary N) is 1. The summed E-state index contributed by atoms with van der Waals surface area (Å²) >= 11 is 18.5. The Morgan fingerprint density at radius 3 is 2.40 bits per heavy atom. The molecule has 0 aliphatic rings. The number of hydrazone groups is 1. The van der Waals surface area contributed by atoms with Crippen molar-refractivity contribution in [2.24, 2.45) is 5.10 Å². The average molecular weight is 647 g/mol. The third-order valence-corrected chi connectivity index (χ3v) is 8.59. The van der Waals surface area contributed by atoms with E-state index < -0.39 is 22.5 Å². The Morgan fingerprint density at radius 1 is 0.905 bits per heavy atom. The van der Waals surface area contributed by atoms with Gasteiger partial charge in [-0.25, -0.2) is 13.8 Å². The van der Waals surface area contributed by atoms with Crippen LogP contribution in [0.4, 0.5) is 5.69 Å². The summed E-state index contributed by atoms with van der Waals surface area (Å²) in [4.78, 5) is 12.9. The number of sulfonamides is 1. The Morgan fingerprint density at radius 2 is 1.67 bits per heavy atom. The fourth-order valence-corrected chi connectivity index (χ4v) is 5.94. The molecule has 0 atom stereocenters. The molecule has 0 radical (unpaired) electrons. The van der Waals surface area contributed by atoms with E-state index in [0.29, 0.717) is 35.3 Å². The molecule has 42 heavy (non-hydrogen) atoms. The van der Waals surface area contributed by atoms with Crippen LogP contribution in [0.3, 0.4) is 0 Å². The van der Waals surface area contributed by atoms with E-state index in [-0.39, 0.29) is 20.6 Å². The van der Waals surface area contributed by atoms with Gasteiger partial charge < -0.3 is 9.47 Å². The summed E-state index contributed by atoms with van der Waals surface area (Å²) in [7, 11) is -4.17. The van der Waals surface area contributed by atoms with Gasteiger partial charge >= 0.3 is 0 Å². The molecule has 0 saturated carbocycles. The number of hydrogen-bond donors (Lipinski definition) is 1. The number of carbonyl (C=O) groups excluding carboxylic acids is 1. The van der Waals surface area contributed by atoms with Gasteiger partial charge in [-0.15, -0.1) is 0 Å². The van der Waals surface area contributed by atoms with Crippen LogP contribution in [0.1, 0.15) is 18.1 Å². The van der Waals surface area contributed by atoms with Crippen molar-refractivity contribution in [1.29, 1.82) is 0 Å². The van der Waals surface area contributed by atoms with Crippen molar-refractivity contribution < 1.29 is 22.7 Å². The quantitative estimate of drug-likeness (QED) is 0.132. The Kier molecular flexibility index (Phi) is 10.7. The van der Waals surface area contributed by atoms with Crippen LogP contribution in [0.2, 0.25) is 15.1 Å². The third kappa shape index (κ3) is 7.95. The second kappa shape index (κ2) is 14.4. The summed E-state index contributed by atoms with van der Waals surface area (Å²) in [6.45, 7) is 1.95. The number of carbonyl (C=O) groups is 1. The Bertz CT molecular complexity index is 1690. The van der Waals surface area contributed by atoms with Gasteiger partial charge in [0.05, 0.1) is 33.4 Å². The lowest BCUT2D eigenvalue weighted by molar-refractivity contribution is -0.119. The highest BCUT2D eigenvalue weighted by molar-refractivity contribution is 7.92. The molecule has 4 aromatic rings. The van der Waals surface area contributed by atoms with Gasteiger partial charge in [-0.3, -0.25) is 9.10 Å². The van der Waals surface area contributed by atoms with E-state index in [0.717, 1.165) is 9.87 Å². The maximum atomic E-state index is 13.5. The first-order valence-corrected chi connectivity index (χ1v) is 15.2. The topological polar surface area (TPSA) is 97.3 Å². The number of ether oxygens (including phenoxy) is 2. The minimum Gasteiger partial charge on any atom is -0.490 e. The first-order valence-electron chi connectivity index (χ1n) is 12.7. The monoisotopic (exact) mass is 645 g/mol. The second-order valence-corrected chi connectivity index (χ2v) is 11.8. The number of halogens is 3. The SMILES string of the molecule is CCOc1cc(/C=N\NC(=O)CN(c2cccc(Cl)c2Cl)S(=O)(=O)c2ccccc2)ccc1OCc1cccc(Cl)c1. The molecule has 0 aliphatic heterocycles. The lowest BCUT2D eigenvalue weighted by atomic mass is 10.2. The molecule has 0 aliphatic carbocycles. The van der Waals surface area contributed by atoms with Crippen molar-refractivity contribution in [3.8, 4) is 11.5 Å². The van der Waals surface area contributed by atoms with Crippen LogP contribution in [0.25, 0.3) is 0 Å². The highest BCUT2D eigenvalue weighted by atomic mass is 35.5. The van der Waals surface area contributed by atoms with Gasteiger partial charge in [-0.05, 0) is 72.6 Å². The lowest BCUT2D eigenvalue weighted by Gasteiger charge is -2.24. The molecule has 0 aromatic heterocycles. The zero-order valence-corrected chi connectivity index (χ0v) is 25.4. The van der Waals surface area contributed by atoms with Gasteiger partial charge in [-0.1, -0.05) is 71.2 Å². The molecule has 8 nitrogen and oxygen atoms in total. The summed E-state index contributed by atoms with van der Waals surface area (Å²) < 4.78 is 39.5. The predicted octanol–water partition coefficient (Wildman–Crippen LogP) is 6.97. The Balaban J connectivity index is 1.49. The number of rotatable bonds is 12. The maximum absolute atomic E-state index is 13.5. The zero-order chi connectivity index (χ0) is 30.1. The summed E-state index contributed by atoms with van der Waals surface area (Å²) in [6, 6.07) is 24.8. The van der Waals surface area contributed by atoms with Crippen LogP contribution in [0.5, 0.6) is 11.5 Å². The van der Waals surface area contributed by atoms with E-state index in [1.54, 1.807) is 48.5 Å². The van der Waals surface area contributed by atoms with Crippen LogP contribution in [0.15, 0.2) is 101 Å². The van der Waals surface area contributed by atoms with Crippen LogP contribution in [-0.2, 0) is 21.4 Å². The van der Waals surface area contributed by atoms with Crippen LogP contribution < -0.4 is 19.2 Å². The largest absolute Gasteiger partial charge is 0.490 e. The fourth-order valence-electron chi connectivity index (χ4n) is 3.83. The van der Waals surface area contributed by atoms with Crippen molar-refractivity contribution in [3.63, 3.8) is 0 Å². The summed E-state index contributed by atoms with van der Waals surface area (Å²) in [5, 5.41) is 4.76. The highest BCUT2D eigenvalue weighted by Crippen LogP contribution is 2.35. The fraction of sp³-hybridized carbons (Fsp3) is 0.133. The van der Waals surface area contributed by atoms with Gasteiger partial charge in [0.15, 0.2) is 11.5 Å². The van der Waals surface area contributed by atoms with Gasteiger partial charge in [-0.2, -0.15) is 5.10 Å². The molecule has 1 N–H and O–H groups in total. The molecular weight excluding hydrogens is 621 g/mol. The number of anilines is 1. The van der Waals surface area contributed by atoms with Crippen molar-refractivity contribution in [3.05, 3.63) is 117 Å². The molecule has 0 spiro atoms. The smallest absolute Gasteiger partial charge is 0.264 e. The molecule has 12 heteroatoms. The lowest BCUT2D eigenvalue weighted by Crippen LogP contribution is -2.39. The van der Waals surface area contributed by atoms with Gasteiger partial charge in [0.25, 0.3) is 15.9 Å². The number of nitrogens with zero attached hydrogens (tertiary/aromatic N) is 2. The Labute approximate surface area is 259 Å². The normalized spacial score (nSPS) is 11.3. The second-order valence-electron chi connectivity index (χ2n) is 8.75. The molecule has 218 valence electrons. The number of amides is 1. The van der Waals surface area contributed by atoms with Crippen LogP contribution >= 0.6 is 34.8 Å². The predicted molar refractivity (Wildman–Crippen MR) is 167 cm³/mol. The number of hydrogen-bond acceptors (Lipinski definition) is 6. The van der Waals surface area contributed by atoms with Gasteiger partial charge in [0.2, 0.25) is 0 Å². The van der Waals surface area contributed by atoms with Gasteiger partial charge in [0.1, 0.15) is 13.2 Å². The molecule has 0 saturated heterocycles. The summed E-state index contributed by atoms with van der Waals surface area (Å²) in [5.41, 5.74) is 3.94. The van der Waals surface area contributed by atoms with Crippen LogP contribution in [-0.4, -0.2) is 33.7 Å². The van der Waals surface area contributed by atoms with Crippen molar-refractivity contribution in [1.82, 2.24) is 5.43 Å². The maximum Gasteiger partial charge on any atom is 0.264 e. The van der Waals surface area contributed by atoms with E-state index in [2.05, 4.69) is 10.5 Å². The van der Waals surface area contributed by atoms with Crippen molar-refractivity contribution in [2.45, 2.75) is 18.4 Å². The molecule has 4 aromatic carbocycles. The summed E-state index contributed by atoms with van der Waals surface area (Å²) in [5.74, 6) is 0.317. The molecule has 0 unspecified atom stereocenters. The average Bonchev–Trinajstić information content (AvgIpc) is 2.98. The standard InChI is InChI=1S/C30H26Cl3N3O5S/c1-2-40-28-17-21(14-15-27(28)41-20-22-8-6-9-23(31)16-22)18-34-35-29(37)19-36(26-13-7-12-25(32)30(26)33)42(38,39)24-10-4-3-5-11-24/h3-18H,2,19-20H2,1H3,(H,35,37)/b34-18-. The first-order chi connectivity index (χ1) is 20.2. The number of benzene rings is 4. The first kappa shape index (κ1) is 31.2. The van der Waals surface area contributed by atoms with Gasteiger partial charge in [0, 0.05) is 5.02 Å². The van der Waals surface area contributed by atoms with E-state index in [1.165, 1.54) is 30.5 Å². The minimum absolute atomic E-state index is 0.00361.